The highest BCUT2D eigenvalue weighted by atomic mass is 19.4. The van der Waals surface area contributed by atoms with Gasteiger partial charge in [0, 0.05) is 11.5 Å². The molecule has 0 aliphatic rings. The second kappa shape index (κ2) is 7.08. The van der Waals surface area contributed by atoms with Crippen molar-refractivity contribution in [2.24, 2.45) is 0 Å². The topological polar surface area (TPSA) is 73.9 Å². The van der Waals surface area contributed by atoms with Crippen molar-refractivity contribution in [1.29, 1.82) is 0 Å². The van der Waals surface area contributed by atoms with E-state index in [9.17, 15) is 22.0 Å². The van der Waals surface area contributed by atoms with Crippen LogP contribution in [0.3, 0.4) is 0 Å². The Bertz CT molecular complexity index is 1190. The van der Waals surface area contributed by atoms with E-state index in [0.29, 0.717) is 10.9 Å². The average Bonchev–Trinajstić information content (AvgIpc) is 3.16. The Morgan fingerprint density at radius 1 is 0.931 bits per heavy atom. The number of halogens is 5. The van der Waals surface area contributed by atoms with Gasteiger partial charge in [0.05, 0.1) is 5.56 Å². The van der Waals surface area contributed by atoms with E-state index in [4.69, 9.17) is 4.74 Å². The van der Waals surface area contributed by atoms with Crippen molar-refractivity contribution in [2.75, 3.05) is 0 Å². The number of hydrogen-bond donors (Lipinski definition) is 0. The number of pyridine rings is 2. The minimum absolute atomic E-state index is 0.0922. The molecule has 3 aromatic heterocycles. The summed E-state index contributed by atoms with van der Waals surface area (Å²) >= 11 is 0. The summed E-state index contributed by atoms with van der Waals surface area (Å²) in [7, 11) is 0. The van der Waals surface area contributed by atoms with Gasteiger partial charge in [-0.05, 0) is 35.9 Å². The number of ether oxygens (including phenoxy) is 1. The van der Waals surface area contributed by atoms with Crippen molar-refractivity contribution in [3.8, 4) is 17.3 Å². The Balaban J connectivity index is 1.50. The van der Waals surface area contributed by atoms with Crippen LogP contribution < -0.4 is 4.74 Å². The van der Waals surface area contributed by atoms with E-state index < -0.39 is 29.7 Å². The third kappa shape index (κ3) is 3.98. The molecule has 29 heavy (non-hydrogen) atoms. The fraction of sp³-hybridized carbons (Fsp3) is 0.111. The number of rotatable bonds is 4. The number of aromatic nitrogens is 4. The zero-order chi connectivity index (χ0) is 20.6. The largest absolute Gasteiger partial charge is 0.473 e. The summed E-state index contributed by atoms with van der Waals surface area (Å²) in [6, 6.07) is 9.62. The van der Waals surface area contributed by atoms with E-state index in [2.05, 4.69) is 24.6 Å². The van der Waals surface area contributed by atoms with Crippen LogP contribution in [0.4, 0.5) is 22.0 Å². The van der Waals surface area contributed by atoms with Gasteiger partial charge in [0.1, 0.15) is 12.4 Å². The molecular weight excluding hydrogens is 399 g/mol. The molecule has 0 amide bonds. The first-order valence-electron chi connectivity index (χ1n) is 8.05. The zero-order valence-electron chi connectivity index (χ0n) is 14.2. The quantitative estimate of drug-likeness (QED) is 0.364. The molecule has 0 saturated carbocycles. The maximum absolute atomic E-state index is 14.3. The van der Waals surface area contributed by atoms with Crippen LogP contribution in [0.25, 0.3) is 22.4 Å². The second-order valence-electron chi connectivity index (χ2n) is 5.85. The molecule has 0 aliphatic heterocycles. The molecule has 0 atom stereocenters. The molecule has 148 valence electrons. The van der Waals surface area contributed by atoms with Gasteiger partial charge < -0.3 is 9.26 Å². The molecule has 4 rings (SSSR count). The third-order valence-corrected chi connectivity index (χ3v) is 3.82. The summed E-state index contributed by atoms with van der Waals surface area (Å²) < 4.78 is 74.6. The van der Waals surface area contributed by atoms with Crippen molar-refractivity contribution in [1.82, 2.24) is 20.1 Å². The van der Waals surface area contributed by atoms with Gasteiger partial charge in [-0.15, -0.1) is 0 Å². The van der Waals surface area contributed by atoms with Crippen LogP contribution in [-0.4, -0.2) is 20.1 Å². The lowest BCUT2D eigenvalue weighted by atomic mass is 10.1. The minimum atomic E-state index is -4.82. The van der Waals surface area contributed by atoms with E-state index in [1.807, 2.05) is 0 Å². The first-order valence-corrected chi connectivity index (χ1v) is 8.05. The van der Waals surface area contributed by atoms with Crippen LogP contribution in [0.2, 0.25) is 0 Å². The molecule has 0 spiro atoms. The number of alkyl halides is 3. The Morgan fingerprint density at radius 3 is 2.45 bits per heavy atom. The summed E-state index contributed by atoms with van der Waals surface area (Å²) in [5.74, 6) is -3.47. The number of benzene rings is 1. The standard InChI is InChI=1S/C18H9F5N4O2/c19-12-7-9(1-4-11(12)16-26-17(29-27-16)18(21,22)23)8-28-14-6-3-10-2-5-13(20)24-15(10)25-14/h1-7H,8H2. The predicted molar refractivity (Wildman–Crippen MR) is 88.5 cm³/mol. The SMILES string of the molecule is Fc1ccc2ccc(OCc3ccc(-c4noc(C(F)(F)F)n4)c(F)c3)nc2n1. The molecule has 0 fully saturated rings. The van der Waals surface area contributed by atoms with Gasteiger partial charge >= 0.3 is 12.1 Å². The van der Waals surface area contributed by atoms with Gasteiger partial charge in [0.2, 0.25) is 17.7 Å². The van der Waals surface area contributed by atoms with Crippen molar-refractivity contribution >= 4 is 11.0 Å². The van der Waals surface area contributed by atoms with Gasteiger partial charge in [-0.25, -0.2) is 4.39 Å². The molecule has 0 unspecified atom stereocenters. The lowest BCUT2D eigenvalue weighted by molar-refractivity contribution is -0.159. The predicted octanol–water partition coefficient (Wildman–Crippen LogP) is 4.56. The summed E-state index contributed by atoms with van der Waals surface area (Å²) in [5.41, 5.74) is 0.276. The molecule has 0 N–H and O–H groups in total. The van der Waals surface area contributed by atoms with Crippen LogP contribution in [0.1, 0.15) is 11.5 Å². The lowest BCUT2D eigenvalue weighted by Gasteiger charge is -2.07. The molecule has 3 heterocycles. The van der Waals surface area contributed by atoms with E-state index in [0.717, 1.165) is 6.07 Å². The maximum atomic E-state index is 14.3. The number of fused-ring (bicyclic) bond motifs is 1. The second-order valence-corrected chi connectivity index (χ2v) is 5.85. The van der Waals surface area contributed by atoms with Gasteiger partial charge in [-0.2, -0.15) is 32.5 Å². The highest BCUT2D eigenvalue weighted by molar-refractivity contribution is 5.74. The minimum Gasteiger partial charge on any atom is -0.473 e. The van der Waals surface area contributed by atoms with Crippen LogP contribution in [0.5, 0.6) is 5.88 Å². The monoisotopic (exact) mass is 408 g/mol. The van der Waals surface area contributed by atoms with E-state index in [1.54, 1.807) is 12.1 Å². The Labute approximate surface area is 159 Å². The molecule has 0 aliphatic carbocycles. The van der Waals surface area contributed by atoms with Crippen molar-refractivity contribution in [2.45, 2.75) is 12.8 Å². The zero-order valence-corrected chi connectivity index (χ0v) is 14.2. The molecule has 0 saturated heterocycles. The molecule has 11 heteroatoms. The van der Waals surface area contributed by atoms with Gasteiger partial charge in [-0.1, -0.05) is 11.2 Å². The van der Waals surface area contributed by atoms with Gasteiger partial charge in [0.25, 0.3) is 0 Å². The molecule has 1 aromatic carbocycles. The van der Waals surface area contributed by atoms with Crippen LogP contribution >= 0.6 is 0 Å². The fourth-order valence-electron chi connectivity index (χ4n) is 2.47. The van der Waals surface area contributed by atoms with E-state index in [-0.39, 0.29) is 23.7 Å². The van der Waals surface area contributed by atoms with Crippen LogP contribution in [0, 0.1) is 11.8 Å². The van der Waals surface area contributed by atoms with E-state index >= 15 is 0 Å². The third-order valence-electron chi connectivity index (χ3n) is 3.82. The smallest absolute Gasteiger partial charge is 0.471 e. The Kier molecular flexibility index (Phi) is 4.57. The van der Waals surface area contributed by atoms with Crippen molar-refractivity contribution in [3.63, 3.8) is 0 Å². The fourth-order valence-corrected chi connectivity index (χ4v) is 2.47. The highest BCUT2D eigenvalue weighted by Gasteiger charge is 2.38. The molecular formula is C18H9F5N4O2. The first-order chi connectivity index (χ1) is 13.8. The average molecular weight is 408 g/mol. The van der Waals surface area contributed by atoms with Gasteiger partial charge in [-0.3, -0.25) is 0 Å². The van der Waals surface area contributed by atoms with E-state index in [1.165, 1.54) is 24.3 Å². The number of nitrogens with zero attached hydrogens (tertiary/aromatic N) is 4. The molecule has 0 radical (unpaired) electrons. The molecule has 0 bridgehead atoms. The molecule has 6 nitrogen and oxygen atoms in total. The van der Waals surface area contributed by atoms with Crippen LogP contribution in [0.15, 0.2) is 47.0 Å². The lowest BCUT2D eigenvalue weighted by Crippen LogP contribution is -2.05. The van der Waals surface area contributed by atoms with Crippen molar-refractivity contribution in [3.05, 3.63) is 65.7 Å². The van der Waals surface area contributed by atoms with Crippen molar-refractivity contribution < 1.29 is 31.2 Å². The Hall–Kier alpha value is -3.63. The Morgan fingerprint density at radius 2 is 1.72 bits per heavy atom. The summed E-state index contributed by atoms with van der Waals surface area (Å²) in [4.78, 5) is 10.9. The maximum Gasteiger partial charge on any atom is 0.471 e. The summed E-state index contributed by atoms with van der Waals surface area (Å²) in [6.07, 6.45) is -4.82. The normalized spacial score (nSPS) is 11.8. The summed E-state index contributed by atoms with van der Waals surface area (Å²) in [6.45, 7) is -0.0922. The number of hydrogen-bond acceptors (Lipinski definition) is 6. The van der Waals surface area contributed by atoms with Gasteiger partial charge in [0.15, 0.2) is 5.65 Å². The molecule has 4 aromatic rings. The highest BCUT2D eigenvalue weighted by Crippen LogP contribution is 2.30. The summed E-state index contributed by atoms with van der Waals surface area (Å²) in [5, 5.41) is 3.77. The first kappa shape index (κ1) is 18.7. The van der Waals surface area contributed by atoms with Crippen LogP contribution in [-0.2, 0) is 12.8 Å².